The zero-order valence-corrected chi connectivity index (χ0v) is 18.0. The number of benzene rings is 1. The van der Waals surface area contributed by atoms with E-state index in [0.29, 0.717) is 6.42 Å². The second-order valence-corrected chi connectivity index (χ2v) is 7.33. The van der Waals surface area contributed by atoms with Crippen molar-refractivity contribution < 1.29 is 24.3 Å². The predicted octanol–water partition coefficient (Wildman–Crippen LogP) is -0.297. The fourth-order valence-corrected chi connectivity index (χ4v) is 2.97. The van der Waals surface area contributed by atoms with Gasteiger partial charge in [-0.15, -0.1) is 0 Å². The Balaban J connectivity index is 2.90. The van der Waals surface area contributed by atoms with Crippen molar-refractivity contribution in [1.29, 1.82) is 0 Å². The Kier molecular flexibility index (Phi) is 10.9. The molecule has 0 aliphatic heterocycles. The van der Waals surface area contributed by atoms with E-state index in [2.05, 4.69) is 28.6 Å². The van der Waals surface area contributed by atoms with Crippen molar-refractivity contribution in [2.45, 2.75) is 44.8 Å². The molecule has 1 aromatic carbocycles. The Labute approximate surface area is 181 Å². The van der Waals surface area contributed by atoms with Crippen LogP contribution in [0.1, 0.15) is 25.8 Å². The lowest BCUT2D eigenvalue weighted by Gasteiger charge is -2.25. The summed E-state index contributed by atoms with van der Waals surface area (Å²) in [6, 6.07) is 5.94. The minimum atomic E-state index is -1.15. The molecule has 0 aliphatic carbocycles. The lowest BCUT2D eigenvalue weighted by molar-refractivity contribution is -0.143. The van der Waals surface area contributed by atoms with E-state index < -0.39 is 41.8 Å². The molecule has 1 aromatic rings. The molecule has 0 aromatic heterocycles. The first kappa shape index (κ1) is 25.4. The van der Waals surface area contributed by atoms with Gasteiger partial charge in [0.15, 0.2) is 0 Å². The molecule has 0 fully saturated rings. The number of thiol groups is 1. The van der Waals surface area contributed by atoms with E-state index in [1.165, 1.54) is 0 Å². The van der Waals surface area contributed by atoms with Crippen LogP contribution in [0.5, 0.6) is 0 Å². The van der Waals surface area contributed by atoms with E-state index in [0.717, 1.165) is 5.56 Å². The number of carbonyl (C=O) groups excluding carboxylic acids is 3. The van der Waals surface area contributed by atoms with Crippen molar-refractivity contribution in [3.63, 3.8) is 0 Å². The Morgan fingerprint density at radius 1 is 1.03 bits per heavy atom. The van der Waals surface area contributed by atoms with E-state index >= 15 is 0 Å². The highest BCUT2D eigenvalue weighted by atomic mass is 32.1. The van der Waals surface area contributed by atoms with E-state index in [-0.39, 0.29) is 24.6 Å². The summed E-state index contributed by atoms with van der Waals surface area (Å²) >= 11 is 4.10. The van der Waals surface area contributed by atoms with Gasteiger partial charge in [0.25, 0.3) is 0 Å². The summed E-state index contributed by atoms with van der Waals surface area (Å²) in [5.41, 5.74) is 6.15. The van der Waals surface area contributed by atoms with Crippen LogP contribution < -0.4 is 21.7 Å². The molecule has 3 amide bonds. The first-order valence-corrected chi connectivity index (χ1v) is 10.3. The first-order chi connectivity index (χ1) is 14.2. The third kappa shape index (κ3) is 8.03. The maximum atomic E-state index is 12.8. The Bertz CT molecular complexity index is 731. The largest absolute Gasteiger partial charge is 0.480 e. The standard InChI is InChI=1S/C20H30N4O5S/c1-3-12(2)17(20(28)29)24-19(27)15(11-30)23-18(26)14(22-16(25)10-21)9-13-7-5-4-6-8-13/h4-8,12,14-15,17,30H,3,9-11,21H2,1-2H3,(H,22,25)(H,23,26)(H,24,27)(H,28,29). The van der Waals surface area contributed by atoms with Crippen LogP contribution in [-0.2, 0) is 25.6 Å². The van der Waals surface area contributed by atoms with Crippen molar-refractivity contribution in [3.8, 4) is 0 Å². The second kappa shape index (κ2) is 12.9. The third-order valence-corrected chi connectivity index (χ3v) is 5.08. The Morgan fingerprint density at radius 2 is 1.63 bits per heavy atom. The molecule has 0 saturated carbocycles. The predicted molar refractivity (Wildman–Crippen MR) is 116 cm³/mol. The highest BCUT2D eigenvalue weighted by molar-refractivity contribution is 7.80. The van der Waals surface area contributed by atoms with Crippen LogP contribution in [0.2, 0.25) is 0 Å². The lowest BCUT2D eigenvalue weighted by atomic mass is 9.99. The molecule has 0 aliphatic rings. The summed E-state index contributed by atoms with van der Waals surface area (Å²) in [4.78, 5) is 48.6. The molecule has 30 heavy (non-hydrogen) atoms. The number of carboxylic acids is 1. The summed E-state index contributed by atoms with van der Waals surface area (Å²) in [6.07, 6.45) is 0.753. The normalized spacial score (nSPS) is 14.7. The Hall–Kier alpha value is -2.59. The summed E-state index contributed by atoms with van der Waals surface area (Å²) in [5.74, 6) is -3.26. The maximum absolute atomic E-state index is 12.8. The smallest absolute Gasteiger partial charge is 0.326 e. The molecule has 0 spiro atoms. The molecule has 0 radical (unpaired) electrons. The molecule has 1 rings (SSSR count). The van der Waals surface area contributed by atoms with Gasteiger partial charge in [-0.3, -0.25) is 14.4 Å². The number of amides is 3. The second-order valence-electron chi connectivity index (χ2n) is 6.97. The number of nitrogens with one attached hydrogen (secondary N) is 3. The van der Waals surface area contributed by atoms with Crippen molar-refractivity contribution in [1.82, 2.24) is 16.0 Å². The number of aliphatic carboxylic acids is 1. The van der Waals surface area contributed by atoms with Crippen LogP contribution >= 0.6 is 12.6 Å². The zero-order chi connectivity index (χ0) is 22.7. The number of nitrogens with two attached hydrogens (primary N) is 1. The molecule has 6 N–H and O–H groups in total. The van der Waals surface area contributed by atoms with Crippen LogP contribution in [0.15, 0.2) is 30.3 Å². The van der Waals surface area contributed by atoms with Gasteiger partial charge >= 0.3 is 5.97 Å². The van der Waals surface area contributed by atoms with Gasteiger partial charge < -0.3 is 26.8 Å². The van der Waals surface area contributed by atoms with Gasteiger partial charge in [-0.25, -0.2) is 4.79 Å². The summed E-state index contributed by atoms with van der Waals surface area (Å²) < 4.78 is 0. The van der Waals surface area contributed by atoms with Gasteiger partial charge in [-0.05, 0) is 11.5 Å². The quantitative estimate of drug-likeness (QED) is 0.247. The van der Waals surface area contributed by atoms with Gasteiger partial charge in [0.2, 0.25) is 17.7 Å². The average Bonchev–Trinajstić information content (AvgIpc) is 2.74. The summed E-state index contributed by atoms with van der Waals surface area (Å²) in [5, 5.41) is 16.9. The van der Waals surface area contributed by atoms with Crippen molar-refractivity contribution in [2.75, 3.05) is 12.3 Å². The summed E-state index contributed by atoms with van der Waals surface area (Å²) in [6.45, 7) is 3.24. The minimum absolute atomic E-state index is 0.0483. The van der Waals surface area contributed by atoms with Crippen molar-refractivity contribution in [2.24, 2.45) is 11.7 Å². The minimum Gasteiger partial charge on any atom is -0.480 e. The topological polar surface area (TPSA) is 151 Å². The molecule has 4 unspecified atom stereocenters. The molecule has 4 atom stereocenters. The number of carbonyl (C=O) groups is 4. The lowest BCUT2D eigenvalue weighted by Crippen LogP contribution is -2.58. The van der Waals surface area contributed by atoms with Crippen LogP contribution in [0.25, 0.3) is 0 Å². The molecule has 0 saturated heterocycles. The van der Waals surface area contributed by atoms with Gasteiger partial charge in [0.05, 0.1) is 6.54 Å². The fraction of sp³-hybridized carbons (Fsp3) is 0.500. The molecule has 9 nitrogen and oxygen atoms in total. The van der Waals surface area contributed by atoms with Gasteiger partial charge in [0.1, 0.15) is 18.1 Å². The molecule has 166 valence electrons. The SMILES string of the molecule is CCC(C)C(NC(=O)C(CS)NC(=O)C(Cc1ccccc1)NC(=O)CN)C(=O)O. The van der Waals surface area contributed by atoms with Crippen LogP contribution in [0, 0.1) is 5.92 Å². The molecule has 10 heteroatoms. The number of rotatable bonds is 12. The maximum Gasteiger partial charge on any atom is 0.326 e. The highest BCUT2D eigenvalue weighted by Gasteiger charge is 2.30. The monoisotopic (exact) mass is 438 g/mol. The zero-order valence-electron chi connectivity index (χ0n) is 17.1. The number of carboxylic acid groups (broad SMARTS) is 1. The molecule has 0 bridgehead atoms. The fourth-order valence-electron chi connectivity index (χ4n) is 2.72. The molecule has 0 heterocycles. The number of hydrogen-bond acceptors (Lipinski definition) is 6. The van der Waals surface area contributed by atoms with E-state index in [4.69, 9.17) is 5.73 Å². The Morgan fingerprint density at radius 3 is 2.13 bits per heavy atom. The molecular formula is C20H30N4O5S. The van der Waals surface area contributed by atoms with Crippen LogP contribution in [0.4, 0.5) is 0 Å². The van der Waals surface area contributed by atoms with E-state index in [1.54, 1.807) is 31.2 Å². The third-order valence-electron chi connectivity index (χ3n) is 4.71. The molecular weight excluding hydrogens is 408 g/mol. The van der Waals surface area contributed by atoms with E-state index in [9.17, 15) is 24.3 Å². The van der Waals surface area contributed by atoms with E-state index in [1.807, 2.05) is 13.0 Å². The number of hydrogen-bond donors (Lipinski definition) is 6. The van der Waals surface area contributed by atoms with Crippen LogP contribution in [-0.4, -0.2) is 59.2 Å². The van der Waals surface area contributed by atoms with Gasteiger partial charge in [-0.1, -0.05) is 50.6 Å². The van der Waals surface area contributed by atoms with Gasteiger partial charge in [0, 0.05) is 12.2 Å². The average molecular weight is 439 g/mol. The summed E-state index contributed by atoms with van der Waals surface area (Å²) in [7, 11) is 0. The highest BCUT2D eigenvalue weighted by Crippen LogP contribution is 2.09. The van der Waals surface area contributed by atoms with Gasteiger partial charge in [-0.2, -0.15) is 12.6 Å². The first-order valence-electron chi connectivity index (χ1n) is 9.71. The van der Waals surface area contributed by atoms with Crippen molar-refractivity contribution in [3.05, 3.63) is 35.9 Å². The van der Waals surface area contributed by atoms with Crippen LogP contribution in [0.3, 0.4) is 0 Å². The van der Waals surface area contributed by atoms with Crippen molar-refractivity contribution >= 4 is 36.3 Å².